The molecule has 0 radical (unpaired) electrons. The maximum Gasteiger partial charge on any atom is 0.334 e. The molecule has 1 amide bonds. The summed E-state index contributed by atoms with van der Waals surface area (Å²) >= 11 is 6.19. The first-order chi connectivity index (χ1) is 11.4. The number of ether oxygens (including phenoxy) is 3. The minimum absolute atomic E-state index is 0.0222. The first-order valence-corrected chi connectivity index (χ1v) is 7.93. The highest BCUT2D eigenvalue weighted by atomic mass is 35.5. The summed E-state index contributed by atoms with van der Waals surface area (Å²) in [6.45, 7) is 4.23. The number of carboxylic acids is 1. The summed E-state index contributed by atoms with van der Waals surface area (Å²) in [5.41, 5.74) is 0.304. The Morgan fingerprint density at radius 1 is 1.42 bits per heavy atom. The molecule has 0 aliphatic carbocycles. The first-order valence-electron chi connectivity index (χ1n) is 7.55. The van der Waals surface area contributed by atoms with Crippen molar-refractivity contribution in [2.75, 3.05) is 26.8 Å². The van der Waals surface area contributed by atoms with Crippen LogP contribution in [-0.2, 0) is 9.53 Å². The van der Waals surface area contributed by atoms with E-state index in [2.05, 4.69) is 0 Å². The largest absolute Gasteiger partial charge is 0.493 e. The van der Waals surface area contributed by atoms with E-state index in [1.165, 1.54) is 24.1 Å². The smallest absolute Gasteiger partial charge is 0.334 e. The second kappa shape index (κ2) is 7.72. The summed E-state index contributed by atoms with van der Waals surface area (Å²) in [5, 5.41) is 9.39. The van der Waals surface area contributed by atoms with Gasteiger partial charge >= 0.3 is 5.97 Å². The second-order valence-electron chi connectivity index (χ2n) is 5.41. The maximum atomic E-state index is 12.7. The van der Waals surface area contributed by atoms with Gasteiger partial charge in [-0.25, -0.2) is 4.79 Å². The lowest BCUT2D eigenvalue weighted by atomic mass is 10.1. The van der Waals surface area contributed by atoms with Gasteiger partial charge in [0.15, 0.2) is 17.6 Å². The van der Waals surface area contributed by atoms with E-state index in [1.807, 2.05) is 6.92 Å². The standard InChI is InChI=1S/C16H20ClNO6/c1-4-23-14-11(17)5-10(6-12(14)22-3)15(19)18-7-9(2)24-13(8-18)16(20)21/h5-6,9,13H,4,7-8H2,1-3H3,(H,20,21)/t9-,13?/m1/s1. The van der Waals surface area contributed by atoms with Gasteiger partial charge in [0.2, 0.25) is 0 Å². The van der Waals surface area contributed by atoms with Gasteiger partial charge in [0.25, 0.3) is 5.91 Å². The van der Waals surface area contributed by atoms with E-state index in [1.54, 1.807) is 6.92 Å². The van der Waals surface area contributed by atoms with Gasteiger partial charge in [0, 0.05) is 12.1 Å². The number of carbonyl (C=O) groups excluding carboxylic acids is 1. The fourth-order valence-electron chi connectivity index (χ4n) is 2.56. The predicted octanol–water partition coefficient (Wildman–Crippen LogP) is 2.06. The summed E-state index contributed by atoms with van der Waals surface area (Å²) in [6.07, 6.45) is -1.42. The van der Waals surface area contributed by atoms with Crippen molar-refractivity contribution in [2.45, 2.75) is 26.1 Å². The van der Waals surface area contributed by atoms with Crippen molar-refractivity contribution in [3.63, 3.8) is 0 Å². The van der Waals surface area contributed by atoms with Gasteiger partial charge in [0.05, 0.1) is 31.4 Å². The van der Waals surface area contributed by atoms with E-state index < -0.39 is 12.1 Å². The van der Waals surface area contributed by atoms with Gasteiger partial charge in [0.1, 0.15) is 0 Å². The topological polar surface area (TPSA) is 85.3 Å². The summed E-state index contributed by atoms with van der Waals surface area (Å²) in [5.74, 6) is -0.706. The fraction of sp³-hybridized carbons (Fsp3) is 0.500. The number of amides is 1. The Labute approximate surface area is 145 Å². The number of morpholine rings is 1. The van der Waals surface area contributed by atoms with Crippen LogP contribution < -0.4 is 9.47 Å². The number of rotatable bonds is 5. The minimum Gasteiger partial charge on any atom is -0.493 e. The summed E-state index contributed by atoms with van der Waals surface area (Å²) < 4.78 is 16.0. The van der Waals surface area contributed by atoms with Crippen molar-refractivity contribution in [3.05, 3.63) is 22.7 Å². The third-order valence-corrected chi connectivity index (χ3v) is 3.87. The quantitative estimate of drug-likeness (QED) is 0.868. The molecular formula is C16H20ClNO6. The van der Waals surface area contributed by atoms with E-state index in [0.717, 1.165) is 0 Å². The van der Waals surface area contributed by atoms with Gasteiger partial charge in [-0.3, -0.25) is 4.79 Å². The first kappa shape index (κ1) is 18.4. The number of hydrogen-bond donors (Lipinski definition) is 1. The van der Waals surface area contributed by atoms with Crippen LogP contribution in [0.2, 0.25) is 5.02 Å². The number of methoxy groups -OCH3 is 1. The lowest BCUT2D eigenvalue weighted by molar-refractivity contribution is -0.160. The predicted molar refractivity (Wildman–Crippen MR) is 87.0 cm³/mol. The highest BCUT2D eigenvalue weighted by molar-refractivity contribution is 6.32. The minimum atomic E-state index is -1.10. The van der Waals surface area contributed by atoms with Crippen LogP contribution in [0.25, 0.3) is 0 Å². The Morgan fingerprint density at radius 2 is 2.12 bits per heavy atom. The van der Waals surface area contributed by atoms with Crippen molar-refractivity contribution in [3.8, 4) is 11.5 Å². The zero-order valence-corrected chi connectivity index (χ0v) is 14.5. The molecule has 24 heavy (non-hydrogen) atoms. The third kappa shape index (κ3) is 3.91. The molecule has 1 aromatic carbocycles. The van der Waals surface area contributed by atoms with Gasteiger partial charge in [-0.05, 0) is 26.0 Å². The average Bonchev–Trinajstić information content (AvgIpc) is 2.55. The Kier molecular flexibility index (Phi) is 5.90. The van der Waals surface area contributed by atoms with Crippen molar-refractivity contribution in [1.82, 2.24) is 4.90 Å². The van der Waals surface area contributed by atoms with Gasteiger partial charge in [-0.1, -0.05) is 11.6 Å². The molecule has 132 valence electrons. The molecule has 1 N–H and O–H groups in total. The molecule has 1 fully saturated rings. The van der Waals surface area contributed by atoms with Gasteiger partial charge in [-0.15, -0.1) is 0 Å². The number of carbonyl (C=O) groups is 2. The van der Waals surface area contributed by atoms with Crippen molar-refractivity contribution < 1.29 is 28.9 Å². The van der Waals surface area contributed by atoms with Crippen LogP contribution in [-0.4, -0.2) is 60.9 Å². The van der Waals surface area contributed by atoms with E-state index >= 15 is 0 Å². The van der Waals surface area contributed by atoms with Crippen LogP contribution >= 0.6 is 11.6 Å². The molecule has 0 bridgehead atoms. The van der Waals surface area contributed by atoms with Crippen LogP contribution in [0, 0.1) is 0 Å². The van der Waals surface area contributed by atoms with Crippen LogP contribution in [0.15, 0.2) is 12.1 Å². The maximum absolute atomic E-state index is 12.7. The van der Waals surface area contributed by atoms with Crippen LogP contribution in [0.5, 0.6) is 11.5 Å². The second-order valence-corrected chi connectivity index (χ2v) is 5.81. The lowest BCUT2D eigenvalue weighted by Crippen LogP contribution is -2.51. The van der Waals surface area contributed by atoms with Gasteiger partial charge in [-0.2, -0.15) is 0 Å². The number of aliphatic carboxylic acids is 1. The molecule has 7 nitrogen and oxygen atoms in total. The molecule has 0 saturated carbocycles. The number of hydrogen-bond acceptors (Lipinski definition) is 5. The SMILES string of the molecule is CCOc1c(Cl)cc(C(=O)N2CC(C(=O)O)O[C@H](C)C2)cc1OC. The zero-order chi connectivity index (χ0) is 17.9. The fourth-order valence-corrected chi connectivity index (χ4v) is 2.83. The molecule has 2 rings (SSSR count). The molecule has 1 aromatic rings. The molecule has 0 spiro atoms. The number of halogens is 1. The summed E-state index contributed by atoms with van der Waals surface area (Å²) in [6, 6.07) is 3.03. The number of nitrogens with zero attached hydrogens (tertiary/aromatic N) is 1. The summed E-state index contributed by atoms with van der Waals surface area (Å²) in [7, 11) is 1.46. The Morgan fingerprint density at radius 3 is 2.71 bits per heavy atom. The van der Waals surface area contributed by atoms with Crippen LogP contribution in [0.1, 0.15) is 24.2 Å². The lowest BCUT2D eigenvalue weighted by Gasteiger charge is -2.35. The van der Waals surface area contributed by atoms with E-state index in [0.29, 0.717) is 30.2 Å². The third-order valence-electron chi connectivity index (χ3n) is 3.59. The molecular weight excluding hydrogens is 338 g/mol. The molecule has 1 unspecified atom stereocenters. The van der Waals surface area contributed by atoms with E-state index in [9.17, 15) is 9.59 Å². The molecule has 1 aliphatic rings. The molecule has 8 heteroatoms. The van der Waals surface area contributed by atoms with Gasteiger partial charge < -0.3 is 24.2 Å². The van der Waals surface area contributed by atoms with Crippen molar-refractivity contribution >= 4 is 23.5 Å². The summed E-state index contributed by atoms with van der Waals surface area (Å²) in [4.78, 5) is 25.3. The molecule has 1 heterocycles. The highest BCUT2D eigenvalue weighted by Crippen LogP contribution is 2.36. The van der Waals surface area contributed by atoms with E-state index in [4.69, 9.17) is 30.9 Å². The Hall–Kier alpha value is -1.99. The van der Waals surface area contributed by atoms with Crippen molar-refractivity contribution in [1.29, 1.82) is 0 Å². The molecule has 0 aromatic heterocycles. The Balaban J connectivity index is 2.28. The van der Waals surface area contributed by atoms with Crippen LogP contribution in [0.4, 0.5) is 0 Å². The monoisotopic (exact) mass is 357 g/mol. The number of carboxylic acid groups (broad SMARTS) is 1. The molecule has 2 atom stereocenters. The zero-order valence-electron chi connectivity index (χ0n) is 13.7. The van der Waals surface area contributed by atoms with E-state index in [-0.39, 0.29) is 23.6 Å². The molecule has 1 saturated heterocycles. The Bertz CT molecular complexity index is 635. The normalized spacial score (nSPS) is 20.6. The van der Waals surface area contributed by atoms with Crippen LogP contribution in [0.3, 0.4) is 0 Å². The highest BCUT2D eigenvalue weighted by Gasteiger charge is 2.33. The number of benzene rings is 1. The average molecular weight is 358 g/mol. The van der Waals surface area contributed by atoms with Crippen molar-refractivity contribution in [2.24, 2.45) is 0 Å². The molecule has 1 aliphatic heterocycles.